The first-order valence-electron chi connectivity index (χ1n) is 9.37. The Kier molecular flexibility index (Phi) is 5.08. The van der Waals surface area contributed by atoms with Crippen LogP contribution >= 0.6 is 0 Å². The van der Waals surface area contributed by atoms with E-state index >= 15 is 0 Å². The highest BCUT2D eigenvalue weighted by Gasteiger charge is 2.24. The van der Waals surface area contributed by atoms with Crippen LogP contribution < -0.4 is 16.4 Å². The van der Waals surface area contributed by atoms with Gasteiger partial charge in [-0.3, -0.25) is 24.4 Å². The first kappa shape index (κ1) is 18.2. The lowest BCUT2D eigenvalue weighted by molar-refractivity contribution is -0.122. The zero-order valence-corrected chi connectivity index (χ0v) is 15.4. The Morgan fingerprint density at radius 3 is 2.54 bits per heavy atom. The summed E-state index contributed by atoms with van der Waals surface area (Å²) in [6.07, 6.45) is 0.863. The molecule has 0 bridgehead atoms. The minimum Gasteiger partial charge on any atom is -0.350 e. The number of hydrogen-bond acceptors (Lipinski definition) is 4. The van der Waals surface area contributed by atoms with Gasteiger partial charge in [0.05, 0.1) is 10.8 Å². The molecule has 1 aromatic heterocycles. The fourth-order valence-electron chi connectivity index (χ4n) is 3.71. The quantitative estimate of drug-likeness (QED) is 0.696. The summed E-state index contributed by atoms with van der Waals surface area (Å²) < 4.78 is 1.08. The zero-order valence-electron chi connectivity index (χ0n) is 15.4. The van der Waals surface area contributed by atoms with Gasteiger partial charge in [0.25, 0.3) is 11.1 Å². The maximum Gasteiger partial charge on any atom is 0.273 e. The third-order valence-electron chi connectivity index (χ3n) is 5.07. The van der Waals surface area contributed by atoms with Crippen molar-refractivity contribution in [2.45, 2.75) is 25.6 Å². The van der Waals surface area contributed by atoms with Crippen LogP contribution in [0, 0.1) is 0 Å². The van der Waals surface area contributed by atoms with Crippen LogP contribution in [0.15, 0.2) is 64.2 Å². The fourth-order valence-corrected chi connectivity index (χ4v) is 3.71. The van der Waals surface area contributed by atoms with Crippen molar-refractivity contribution >= 4 is 16.7 Å². The molecular weight excluding hydrogens is 356 g/mol. The van der Waals surface area contributed by atoms with Crippen molar-refractivity contribution in [3.8, 4) is 0 Å². The standard InChI is InChI=1S/C21H22N4O3/c26-19(14-25-21(28)18-9-5-4-8-17(18)20(27)23-25)22-16-10-11-24(13-16)12-15-6-2-1-3-7-15/h1-9,16H,10-14H2,(H,22,26)(H,23,27)/t16-/m0/s1. The largest absolute Gasteiger partial charge is 0.350 e. The predicted octanol–water partition coefficient (Wildman–Crippen LogP) is 1.08. The average molecular weight is 378 g/mol. The van der Waals surface area contributed by atoms with Crippen LogP contribution in [0.25, 0.3) is 10.8 Å². The minimum atomic E-state index is -0.377. The van der Waals surface area contributed by atoms with Crippen molar-refractivity contribution in [2.75, 3.05) is 13.1 Å². The van der Waals surface area contributed by atoms with Gasteiger partial charge in [0.15, 0.2) is 0 Å². The number of H-pyrrole nitrogens is 1. The maximum absolute atomic E-state index is 12.5. The van der Waals surface area contributed by atoms with Gasteiger partial charge in [-0.25, -0.2) is 4.68 Å². The maximum atomic E-state index is 12.5. The summed E-state index contributed by atoms with van der Waals surface area (Å²) in [4.78, 5) is 39.4. The van der Waals surface area contributed by atoms with Crippen molar-refractivity contribution < 1.29 is 4.79 Å². The van der Waals surface area contributed by atoms with Gasteiger partial charge in [-0.1, -0.05) is 42.5 Å². The Labute approximate surface area is 161 Å². The molecule has 1 aliphatic rings. The Bertz CT molecular complexity index is 1100. The first-order chi connectivity index (χ1) is 13.6. The summed E-state index contributed by atoms with van der Waals surface area (Å²) in [5.41, 5.74) is 0.496. The molecule has 4 rings (SSSR count). The second-order valence-electron chi connectivity index (χ2n) is 7.15. The van der Waals surface area contributed by atoms with Gasteiger partial charge in [0, 0.05) is 25.7 Å². The molecule has 1 fully saturated rings. The van der Waals surface area contributed by atoms with Crippen LogP contribution in [0.5, 0.6) is 0 Å². The number of nitrogens with one attached hydrogen (secondary N) is 2. The van der Waals surface area contributed by atoms with Crippen molar-refractivity contribution in [3.05, 3.63) is 80.9 Å². The lowest BCUT2D eigenvalue weighted by Gasteiger charge is -2.17. The van der Waals surface area contributed by atoms with Gasteiger partial charge in [-0.2, -0.15) is 0 Å². The molecule has 7 nitrogen and oxygen atoms in total. The van der Waals surface area contributed by atoms with Crippen LogP contribution in [0.4, 0.5) is 0 Å². The third-order valence-corrected chi connectivity index (χ3v) is 5.07. The van der Waals surface area contributed by atoms with E-state index in [1.807, 2.05) is 18.2 Å². The van der Waals surface area contributed by atoms with Gasteiger partial charge in [0.2, 0.25) is 5.91 Å². The molecule has 7 heteroatoms. The molecule has 0 unspecified atom stereocenters. The lowest BCUT2D eigenvalue weighted by Crippen LogP contribution is -2.42. The molecule has 144 valence electrons. The fraction of sp³-hybridized carbons (Fsp3) is 0.286. The molecule has 1 aliphatic heterocycles. The number of benzene rings is 2. The zero-order chi connectivity index (χ0) is 19.5. The van der Waals surface area contributed by atoms with Gasteiger partial charge in [0.1, 0.15) is 6.54 Å². The van der Waals surface area contributed by atoms with E-state index in [2.05, 4.69) is 27.4 Å². The van der Waals surface area contributed by atoms with Crippen LogP contribution in [0.3, 0.4) is 0 Å². The van der Waals surface area contributed by atoms with E-state index in [9.17, 15) is 14.4 Å². The SMILES string of the molecule is O=C(Cn1[nH]c(=O)c2ccccc2c1=O)N[C@H]1CCN(Cc2ccccc2)C1. The number of likely N-dealkylation sites (tertiary alicyclic amines) is 1. The van der Waals surface area contributed by atoms with E-state index in [0.29, 0.717) is 10.8 Å². The van der Waals surface area contributed by atoms with Crippen LogP contribution in [0.2, 0.25) is 0 Å². The summed E-state index contributed by atoms with van der Waals surface area (Å²) in [5.74, 6) is -0.278. The molecule has 1 atom stereocenters. The molecule has 1 saturated heterocycles. The Balaban J connectivity index is 1.39. The number of rotatable bonds is 5. The Morgan fingerprint density at radius 2 is 1.75 bits per heavy atom. The number of carbonyl (C=O) groups excluding carboxylic acids is 1. The molecular formula is C21H22N4O3. The van der Waals surface area contributed by atoms with Crippen LogP contribution in [-0.2, 0) is 17.9 Å². The van der Waals surface area contributed by atoms with Crippen molar-refractivity contribution in [1.82, 2.24) is 20.0 Å². The summed E-state index contributed by atoms with van der Waals surface area (Å²) in [7, 11) is 0. The number of aromatic nitrogens is 2. The Morgan fingerprint density at radius 1 is 1.04 bits per heavy atom. The van der Waals surface area contributed by atoms with Crippen molar-refractivity contribution in [1.29, 1.82) is 0 Å². The first-order valence-corrected chi connectivity index (χ1v) is 9.37. The number of aromatic amines is 1. The van der Waals surface area contributed by atoms with Gasteiger partial charge >= 0.3 is 0 Å². The molecule has 28 heavy (non-hydrogen) atoms. The molecule has 0 radical (unpaired) electrons. The van der Waals surface area contributed by atoms with E-state index in [1.165, 1.54) is 5.56 Å². The van der Waals surface area contributed by atoms with E-state index < -0.39 is 0 Å². The molecule has 0 spiro atoms. The number of hydrogen-bond donors (Lipinski definition) is 2. The minimum absolute atomic E-state index is 0.0408. The van der Waals surface area contributed by atoms with Crippen LogP contribution in [-0.4, -0.2) is 39.7 Å². The highest BCUT2D eigenvalue weighted by molar-refractivity contribution is 5.81. The van der Waals surface area contributed by atoms with E-state index in [-0.39, 0.29) is 29.6 Å². The third kappa shape index (κ3) is 3.89. The summed E-state index contributed by atoms with van der Waals surface area (Å²) in [6.45, 7) is 2.33. The number of carbonyl (C=O) groups is 1. The van der Waals surface area contributed by atoms with Gasteiger partial charge in [-0.15, -0.1) is 0 Å². The lowest BCUT2D eigenvalue weighted by atomic mass is 10.2. The molecule has 2 heterocycles. The number of amides is 1. The van der Waals surface area contributed by atoms with Crippen molar-refractivity contribution in [2.24, 2.45) is 0 Å². The molecule has 0 aliphatic carbocycles. The monoisotopic (exact) mass is 378 g/mol. The summed E-state index contributed by atoms with van der Waals surface area (Å²) in [6, 6.07) is 16.9. The molecule has 2 N–H and O–H groups in total. The highest BCUT2D eigenvalue weighted by atomic mass is 16.2. The molecule has 0 saturated carbocycles. The van der Waals surface area contributed by atoms with E-state index in [0.717, 1.165) is 30.7 Å². The smallest absolute Gasteiger partial charge is 0.273 e. The normalized spacial score (nSPS) is 17.1. The number of nitrogens with zero attached hydrogens (tertiary/aromatic N) is 2. The van der Waals surface area contributed by atoms with Crippen molar-refractivity contribution in [3.63, 3.8) is 0 Å². The highest BCUT2D eigenvalue weighted by Crippen LogP contribution is 2.13. The van der Waals surface area contributed by atoms with E-state index in [4.69, 9.17) is 0 Å². The second kappa shape index (κ2) is 7.82. The Hall–Kier alpha value is -3.19. The van der Waals surface area contributed by atoms with E-state index in [1.54, 1.807) is 24.3 Å². The molecule has 2 aromatic carbocycles. The van der Waals surface area contributed by atoms with Gasteiger partial charge in [-0.05, 0) is 24.1 Å². The summed E-state index contributed by atoms with van der Waals surface area (Å²) >= 11 is 0. The number of fused-ring (bicyclic) bond motifs is 1. The second-order valence-corrected chi connectivity index (χ2v) is 7.15. The average Bonchev–Trinajstić information content (AvgIpc) is 3.13. The summed E-state index contributed by atoms with van der Waals surface area (Å²) in [5, 5.41) is 6.11. The predicted molar refractivity (Wildman–Crippen MR) is 107 cm³/mol. The topological polar surface area (TPSA) is 87.2 Å². The molecule has 1 amide bonds. The molecule has 3 aromatic rings. The van der Waals surface area contributed by atoms with Gasteiger partial charge < -0.3 is 5.32 Å². The van der Waals surface area contributed by atoms with Crippen LogP contribution in [0.1, 0.15) is 12.0 Å².